The van der Waals surface area contributed by atoms with Crippen molar-refractivity contribution in [2.45, 2.75) is 32.7 Å². The van der Waals surface area contributed by atoms with Crippen LogP contribution in [0.4, 0.5) is 0 Å². The van der Waals surface area contributed by atoms with Crippen LogP contribution >= 0.6 is 12.2 Å². The molecule has 0 unspecified atom stereocenters. The van der Waals surface area contributed by atoms with Crippen LogP contribution in [0.2, 0.25) is 0 Å². The molecule has 0 atom stereocenters. The van der Waals surface area contributed by atoms with E-state index in [1.165, 1.54) is 0 Å². The first-order chi connectivity index (χ1) is 8.36. The van der Waals surface area contributed by atoms with Gasteiger partial charge in [-0.25, -0.2) is 0 Å². The highest BCUT2D eigenvalue weighted by molar-refractivity contribution is 7.71. The quantitative estimate of drug-likeness (QED) is 0.632. The Bertz CT molecular complexity index is 457. The number of rotatable bonds is 5. The number of methoxy groups -OCH3 is 1. The first-order valence-electron chi connectivity index (χ1n) is 5.90. The predicted molar refractivity (Wildman–Crippen MR) is 73.2 cm³/mol. The van der Waals surface area contributed by atoms with Gasteiger partial charge in [-0.2, -0.15) is 0 Å². The minimum atomic E-state index is -0.0618. The smallest absolute Gasteiger partial charge is 0.240 e. The molecule has 0 saturated carbocycles. The lowest BCUT2D eigenvalue weighted by atomic mass is 9.92. The van der Waals surface area contributed by atoms with Crippen molar-refractivity contribution in [3.8, 4) is 0 Å². The second-order valence-electron chi connectivity index (χ2n) is 5.16. The van der Waals surface area contributed by atoms with Gasteiger partial charge in [0.15, 0.2) is 4.77 Å². The highest BCUT2D eigenvalue weighted by atomic mass is 32.1. The summed E-state index contributed by atoms with van der Waals surface area (Å²) in [6.45, 7) is 7.52. The lowest BCUT2D eigenvalue weighted by Crippen LogP contribution is -2.32. The monoisotopic (exact) mass is 271 g/mol. The second kappa shape index (κ2) is 6.15. The largest absolute Gasteiger partial charge is 0.383 e. The molecule has 5 nitrogen and oxygen atoms in total. The van der Waals surface area contributed by atoms with Crippen molar-refractivity contribution in [1.82, 2.24) is 14.9 Å². The first kappa shape index (κ1) is 14.9. The summed E-state index contributed by atoms with van der Waals surface area (Å²) >= 11 is 5.20. The Morgan fingerprint density at radius 3 is 2.78 bits per heavy atom. The summed E-state index contributed by atoms with van der Waals surface area (Å²) in [6, 6.07) is 0. The minimum Gasteiger partial charge on any atom is -0.383 e. The fourth-order valence-electron chi connectivity index (χ4n) is 1.67. The molecule has 0 aliphatic rings. The predicted octanol–water partition coefficient (Wildman–Crippen LogP) is 1.61. The average molecular weight is 271 g/mol. The van der Waals surface area contributed by atoms with Gasteiger partial charge in [0.25, 0.3) is 0 Å². The number of amides is 1. The van der Waals surface area contributed by atoms with E-state index in [0.717, 1.165) is 5.69 Å². The molecule has 0 fully saturated rings. The van der Waals surface area contributed by atoms with Crippen molar-refractivity contribution >= 4 is 18.1 Å². The SMILES string of the molecule is COCCNC(=O)Cn1c(C(C)(C)C)c[nH]c1=S. The second-order valence-corrected chi connectivity index (χ2v) is 5.54. The third-order valence-corrected chi connectivity index (χ3v) is 2.91. The lowest BCUT2D eigenvalue weighted by Gasteiger charge is -2.20. The van der Waals surface area contributed by atoms with Crippen LogP contribution in [0.15, 0.2) is 6.20 Å². The van der Waals surface area contributed by atoms with E-state index < -0.39 is 0 Å². The number of ether oxygens (including phenoxy) is 1. The summed E-state index contributed by atoms with van der Waals surface area (Å²) in [6.07, 6.45) is 1.87. The first-order valence-corrected chi connectivity index (χ1v) is 6.31. The van der Waals surface area contributed by atoms with Crippen molar-refractivity contribution in [2.75, 3.05) is 20.3 Å². The summed E-state index contributed by atoms with van der Waals surface area (Å²) in [5, 5.41) is 2.78. The van der Waals surface area contributed by atoms with Gasteiger partial charge in [0, 0.05) is 31.0 Å². The maximum absolute atomic E-state index is 11.8. The maximum atomic E-state index is 11.8. The van der Waals surface area contributed by atoms with E-state index in [2.05, 4.69) is 31.1 Å². The highest BCUT2D eigenvalue weighted by Gasteiger charge is 2.20. The third kappa shape index (κ3) is 3.96. The third-order valence-electron chi connectivity index (χ3n) is 2.57. The molecule has 1 rings (SSSR count). The molecule has 0 spiro atoms. The Kier molecular flexibility index (Phi) is 5.10. The summed E-state index contributed by atoms with van der Waals surface area (Å²) in [7, 11) is 1.60. The molecular formula is C12H21N3O2S. The van der Waals surface area contributed by atoms with E-state index >= 15 is 0 Å². The van der Waals surface area contributed by atoms with E-state index in [9.17, 15) is 4.79 Å². The number of nitrogens with zero attached hydrogens (tertiary/aromatic N) is 1. The van der Waals surface area contributed by atoms with Crippen molar-refractivity contribution < 1.29 is 9.53 Å². The summed E-state index contributed by atoms with van der Waals surface area (Å²) < 4.78 is 7.28. The molecule has 1 heterocycles. The van der Waals surface area contributed by atoms with E-state index in [0.29, 0.717) is 17.9 Å². The number of hydrogen-bond acceptors (Lipinski definition) is 3. The Hall–Kier alpha value is -1.14. The topological polar surface area (TPSA) is 59.0 Å². The van der Waals surface area contributed by atoms with Crippen LogP contribution in [-0.4, -0.2) is 35.7 Å². The van der Waals surface area contributed by atoms with Crippen LogP contribution in [0.25, 0.3) is 0 Å². The van der Waals surface area contributed by atoms with Crippen molar-refractivity contribution in [3.63, 3.8) is 0 Å². The number of carbonyl (C=O) groups is 1. The molecule has 0 aliphatic heterocycles. The minimum absolute atomic E-state index is 0.0552. The van der Waals surface area contributed by atoms with E-state index in [-0.39, 0.29) is 17.9 Å². The molecule has 0 aliphatic carbocycles. The van der Waals surface area contributed by atoms with Gasteiger partial charge in [-0.3, -0.25) is 4.79 Å². The Morgan fingerprint density at radius 2 is 2.22 bits per heavy atom. The molecule has 102 valence electrons. The number of imidazole rings is 1. The van der Waals surface area contributed by atoms with Crippen molar-refractivity contribution in [1.29, 1.82) is 0 Å². The van der Waals surface area contributed by atoms with Crippen LogP contribution in [0.1, 0.15) is 26.5 Å². The molecule has 0 radical (unpaired) electrons. The number of carbonyl (C=O) groups excluding carboxylic acids is 1. The molecule has 1 aromatic heterocycles. The van der Waals surface area contributed by atoms with Gasteiger partial charge < -0.3 is 19.6 Å². The lowest BCUT2D eigenvalue weighted by molar-refractivity contribution is -0.121. The van der Waals surface area contributed by atoms with Gasteiger partial charge in [-0.15, -0.1) is 0 Å². The van der Waals surface area contributed by atoms with Crippen molar-refractivity contribution in [3.05, 3.63) is 16.7 Å². The Balaban J connectivity index is 2.75. The maximum Gasteiger partial charge on any atom is 0.240 e. The Morgan fingerprint density at radius 1 is 1.56 bits per heavy atom. The fraction of sp³-hybridized carbons (Fsp3) is 0.667. The Labute approximate surface area is 113 Å². The highest BCUT2D eigenvalue weighted by Crippen LogP contribution is 2.21. The molecule has 0 aromatic carbocycles. The van der Waals surface area contributed by atoms with E-state index in [4.69, 9.17) is 17.0 Å². The summed E-state index contributed by atoms with van der Waals surface area (Å²) in [5.41, 5.74) is 0.967. The number of nitrogens with one attached hydrogen (secondary N) is 2. The van der Waals surface area contributed by atoms with Crippen LogP contribution in [0.5, 0.6) is 0 Å². The number of hydrogen-bond donors (Lipinski definition) is 2. The van der Waals surface area contributed by atoms with Gasteiger partial charge in [0.2, 0.25) is 5.91 Å². The molecule has 0 saturated heterocycles. The van der Waals surface area contributed by atoms with E-state index in [1.54, 1.807) is 7.11 Å². The van der Waals surface area contributed by atoms with Crippen LogP contribution in [0, 0.1) is 4.77 Å². The zero-order valence-corrected chi connectivity index (χ0v) is 12.2. The fourth-order valence-corrected chi connectivity index (χ4v) is 1.89. The molecule has 18 heavy (non-hydrogen) atoms. The zero-order valence-electron chi connectivity index (χ0n) is 11.4. The van der Waals surface area contributed by atoms with Crippen LogP contribution in [-0.2, 0) is 21.5 Å². The number of aromatic nitrogens is 2. The normalized spacial score (nSPS) is 11.6. The molecule has 2 N–H and O–H groups in total. The standard InChI is InChI=1S/C12H21N3O2S/c1-12(2,3)9-7-14-11(18)15(9)8-10(16)13-5-6-17-4/h7H,5-6,8H2,1-4H3,(H,13,16)(H,14,18). The molecular weight excluding hydrogens is 250 g/mol. The van der Waals surface area contributed by atoms with Gasteiger partial charge in [-0.1, -0.05) is 20.8 Å². The van der Waals surface area contributed by atoms with Gasteiger partial charge in [0.1, 0.15) is 6.54 Å². The van der Waals surface area contributed by atoms with Crippen LogP contribution in [0.3, 0.4) is 0 Å². The van der Waals surface area contributed by atoms with E-state index in [1.807, 2.05) is 10.8 Å². The van der Waals surface area contributed by atoms with Crippen molar-refractivity contribution in [2.24, 2.45) is 0 Å². The summed E-state index contributed by atoms with van der Waals surface area (Å²) in [4.78, 5) is 14.8. The molecule has 0 bridgehead atoms. The molecule has 1 amide bonds. The molecule has 1 aromatic rings. The number of H-pyrrole nitrogens is 1. The zero-order chi connectivity index (χ0) is 13.8. The van der Waals surface area contributed by atoms with Crippen LogP contribution < -0.4 is 5.32 Å². The van der Waals surface area contributed by atoms with Gasteiger partial charge in [0.05, 0.1) is 6.61 Å². The number of aromatic amines is 1. The summed E-state index contributed by atoms with van der Waals surface area (Å²) in [5.74, 6) is -0.0618. The average Bonchev–Trinajstić information content (AvgIpc) is 2.60. The van der Waals surface area contributed by atoms with Gasteiger partial charge in [-0.05, 0) is 12.2 Å². The van der Waals surface area contributed by atoms with Gasteiger partial charge >= 0.3 is 0 Å². The molecule has 6 heteroatoms.